The number of anilines is 1. The number of pyridine rings is 1. The van der Waals surface area contributed by atoms with Gasteiger partial charge in [0, 0.05) is 31.7 Å². The molecule has 1 N–H and O–H groups in total. The Morgan fingerprint density at radius 2 is 1.91 bits per heavy atom. The lowest BCUT2D eigenvalue weighted by Gasteiger charge is -2.33. The summed E-state index contributed by atoms with van der Waals surface area (Å²) in [7, 11) is 0. The number of fused-ring (bicyclic) bond motifs is 1. The summed E-state index contributed by atoms with van der Waals surface area (Å²) >= 11 is 0. The van der Waals surface area contributed by atoms with Crippen molar-refractivity contribution in [3.8, 4) is 0 Å². The summed E-state index contributed by atoms with van der Waals surface area (Å²) < 4.78 is 7.38. The van der Waals surface area contributed by atoms with Crippen LogP contribution in [0.1, 0.15) is 55.8 Å². The van der Waals surface area contributed by atoms with Crippen molar-refractivity contribution in [2.24, 2.45) is 5.92 Å². The second kappa shape index (κ2) is 10.0. The molecule has 0 aliphatic carbocycles. The highest BCUT2D eigenvalue weighted by Gasteiger charge is 2.28. The Kier molecular flexibility index (Phi) is 6.91. The van der Waals surface area contributed by atoms with Crippen LogP contribution in [0.3, 0.4) is 0 Å². The Bertz CT molecular complexity index is 1130. The number of carbonyl (C=O) groups excluding carboxylic acids is 2. The molecule has 2 amide bonds. The predicted molar refractivity (Wildman–Crippen MR) is 127 cm³/mol. The average molecular weight is 450 g/mol. The number of esters is 1. The lowest BCUT2D eigenvalue weighted by molar-refractivity contribution is 0.0527. The smallest absolute Gasteiger partial charge is 0.340 e. The van der Waals surface area contributed by atoms with Gasteiger partial charge in [-0.15, -0.1) is 0 Å². The lowest BCUT2D eigenvalue weighted by Crippen LogP contribution is -2.42. The summed E-state index contributed by atoms with van der Waals surface area (Å²) in [6, 6.07) is 10.9. The van der Waals surface area contributed by atoms with E-state index in [0.717, 1.165) is 36.3 Å². The third-order valence-electron chi connectivity index (χ3n) is 5.89. The lowest BCUT2D eigenvalue weighted by atomic mass is 10.0. The van der Waals surface area contributed by atoms with Crippen molar-refractivity contribution >= 4 is 28.9 Å². The summed E-state index contributed by atoms with van der Waals surface area (Å²) in [6.07, 6.45) is 4.34. The molecule has 3 heterocycles. The van der Waals surface area contributed by atoms with E-state index in [1.807, 2.05) is 18.3 Å². The highest BCUT2D eigenvalue weighted by molar-refractivity contribution is 6.00. The Labute approximate surface area is 194 Å². The monoisotopic (exact) mass is 449 g/mol. The molecule has 2 aromatic heterocycles. The number of hydrogen-bond acceptors (Lipinski definition) is 5. The number of para-hydroxylation sites is 1. The zero-order valence-corrected chi connectivity index (χ0v) is 19.5. The van der Waals surface area contributed by atoms with Crippen molar-refractivity contribution in [1.29, 1.82) is 0 Å². The normalized spacial score (nSPS) is 14.6. The molecule has 0 bridgehead atoms. The van der Waals surface area contributed by atoms with Crippen LogP contribution in [0.25, 0.3) is 11.2 Å². The van der Waals surface area contributed by atoms with Gasteiger partial charge in [-0.1, -0.05) is 26.0 Å². The van der Waals surface area contributed by atoms with Gasteiger partial charge in [0.05, 0.1) is 17.9 Å². The van der Waals surface area contributed by atoms with Crippen LogP contribution < -0.4 is 5.32 Å². The van der Waals surface area contributed by atoms with Crippen LogP contribution in [0, 0.1) is 5.92 Å². The standard InChI is InChI=1S/C25H31N5O3/c1-4-33-24(31)19-8-5-6-9-20(19)28-25(32)29-14-11-18(12-15-29)30-22(16-17(2)3)27-21-10-7-13-26-23(21)30/h5-10,13,17-18H,4,11-12,14-16H2,1-3H3,(H,28,32). The average Bonchev–Trinajstić information content (AvgIpc) is 3.16. The van der Waals surface area contributed by atoms with E-state index in [4.69, 9.17) is 9.72 Å². The van der Waals surface area contributed by atoms with E-state index in [2.05, 4.69) is 28.7 Å². The number of carbonyl (C=O) groups is 2. The minimum Gasteiger partial charge on any atom is -0.462 e. The van der Waals surface area contributed by atoms with Gasteiger partial charge in [0.1, 0.15) is 11.3 Å². The first-order valence-corrected chi connectivity index (χ1v) is 11.6. The fourth-order valence-corrected chi connectivity index (χ4v) is 4.37. The second-order valence-corrected chi connectivity index (χ2v) is 8.76. The highest BCUT2D eigenvalue weighted by Crippen LogP contribution is 2.29. The van der Waals surface area contributed by atoms with Gasteiger partial charge >= 0.3 is 12.0 Å². The van der Waals surface area contributed by atoms with E-state index < -0.39 is 5.97 Å². The number of benzene rings is 1. The molecular formula is C25H31N5O3. The number of hydrogen-bond donors (Lipinski definition) is 1. The van der Waals surface area contributed by atoms with Gasteiger partial charge in [-0.3, -0.25) is 0 Å². The summed E-state index contributed by atoms with van der Waals surface area (Å²) in [5, 5.41) is 2.89. The maximum absolute atomic E-state index is 12.9. The van der Waals surface area contributed by atoms with Gasteiger partial charge < -0.3 is 19.5 Å². The maximum atomic E-state index is 12.9. The quantitative estimate of drug-likeness (QED) is 0.552. The van der Waals surface area contributed by atoms with Crippen LogP contribution in [0.2, 0.25) is 0 Å². The summed E-state index contributed by atoms with van der Waals surface area (Å²) in [5.41, 5.74) is 2.66. The number of nitrogens with one attached hydrogen (secondary N) is 1. The number of urea groups is 1. The molecule has 0 spiro atoms. The fourth-order valence-electron chi connectivity index (χ4n) is 4.37. The molecule has 8 nitrogen and oxygen atoms in total. The minimum absolute atomic E-state index is 0.207. The van der Waals surface area contributed by atoms with Crippen LogP contribution in [-0.4, -0.2) is 51.1 Å². The molecule has 0 atom stereocenters. The second-order valence-electron chi connectivity index (χ2n) is 8.76. The molecule has 1 aromatic carbocycles. The number of ether oxygens (including phenoxy) is 1. The minimum atomic E-state index is -0.440. The summed E-state index contributed by atoms with van der Waals surface area (Å²) in [6.45, 7) is 7.66. The molecule has 174 valence electrons. The van der Waals surface area contributed by atoms with Gasteiger partial charge in [-0.2, -0.15) is 0 Å². The Hall–Kier alpha value is -3.42. The van der Waals surface area contributed by atoms with Gasteiger partial charge in [-0.05, 0) is 49.9 Å². The number of amides is 2. The van der Waals surface area contributed by atoms with Gasteiger partial charge in [0.15, 0.2) is 5.65 Å². The van der Waals surface area contributed by atoms with E-state index in [1.165, 1.54) is 0 Å². The molecule has 0 saturated carbocycles. The Morgan fingerprint density at radius 3 is 2.64 bits per heavy atom. The molecule has 33 heavy (non-hydrogen) atoms. The zero-order valence-electron chi connectivity index (χ0n) is 19.5. The number of piperidine rings is 1. The first-order valence-electron chi connectivity index (χ1n) is 11.6. The van der Waals surface area contributed by atoms with Gasteiger partial charge in [0.2, 0.25) is 0 Å². The van der Waals surface area contributed by atoms with E-state index in [1.54, 1.807) is 36.1 Å². The van der Waals surface area contributed by atoms with Gasteiger partial charge in [-0.25, -0.2) is 19.6 Å². The summed E-state index contributed by atoms with van der Waals surface area (Å²) in [5.74, 6) is 1.11. The van der Waals surface area contributed by atoms with Crippen molar-refractivity contribution in [2.45, 2.75) is 46.1 Å². The van der Waals surface area contributed by atoms with Crippen molar-refractivity contribution in [3.05, 3.63) is 54.0 Å². The maximum Gasteiger partial charge on any atom is 0.340 e. The number of aromatic nitrogens is 3. The van der Waals surface area contributed by atoms with Crippen LogP contribution in [0.4, 0.5) is 10.5 Å². The van der Waals surface area contributed by atoms with E-state index in [9.17, 15) is 9.59 Å². The van der Waals surface area contributed by atoms with Crippen LogP contribution in [0.5, 0.6) is 0 Å². The zero-order chi connectivity index (χ0) is 23.4. The Morgan fingerprint density at radius 1 is 1.15 bits per heavy atom. The molecule has 0 radical (unpaired) electrons. The predicted octanol–water partition coefficient (Wildman–Crippen LogP) is 4.68. The number of imidazole rings is 1. The molecule has 1 saturated heterocycles. The molecular weight excluding hydrogens is 418 g/mol. The molecule has 1 aliphatic heterocycles. The highest BCUT2D eigenvalue weighted by atomic mass is 16.5. The fraction of sp³-hybridized carbons (Fsp3) is 0.440. The van der Waals surface area contributed by atoms with Crippen molar-refractivity contribution in [1.82, 2.24) is 19.4 Å². The Balaban J connectivity index is 1.46. The van der Waals surface area contributed by atoms with E-state index in [0.29, 0.717) is 30.3 Å². The molecule has 3 aromatic rings. The number of rotatable bonds is 6. The van der Waals surface area contributed by atoms with Gasteiger partial charge in [0.25, 0.3) is 0 Å². The van der Waals surface area contributed by atoms with Crippen LogP contribution in [0.15, 0.2) is 42.6 Å². The topological polar surface area (TPSA) is 89.4 Å². The van der Waals surface area contributed by atoms with Crippen LogP contribution in [-0.2, 0) is 11.2 Å². The largest absolute Gasteiger partial charge is 0.462 e. The molecule has 8 heteroatoms. The SMILES string of the molecule is CCOC(=O)c1ccccc1NC(=O)N1CCC(n2c(CC(C)C)nc3cccnc32)CC1. The molecule has 1 aliphatic rings. The van der Waals surface area contributed by atoms with E-state index in [-0.39, 0.29) is 18.7 Å². The number of nitrogens with zero attached hydrogens (tertiary/aromatic N) is 4. The van der Waals surface area contributed by atoms with E-state index >= 15 is 0 Å². The first kappa shape index (κ1) is 22.8. The van der Waals surface area contributed by atoms with Crippen molar-refractivity contribution < 1.29 is 14.3 Å². The van der Waals surface area contributed by atoms with Crippen LogP contribution >= 0.6 is 0 Å². The number of likely N-dealkylation sites (tertiary alicyclic amines) is 1. The summed E-state index contributed by atoms with van der Waals surface area (Å²) in [4.78, 5) is 36.4. The molecule has 4 rings (SSSR count). The van der Waals surface area contributed by atoms with Crippen molar-refractivity contribution in [3.63, 3.8) is 0 Å². The molecule has 0 unspecified atom stereocenters. The van der Waals surface area contributed by atoms with Crippen molar-refractivity contribution in [2.75, 3.05) is 25.0 Å². The first-order chi connectivity index (χ1) is 16.0. The third kappa shape index (κ3) is 4.99. The third-order valence-corrected chi connectivity index (χ3v) is 5.89. The molecule has 1 fully saturated rings.